The van der Waals surface area contributed by atoms with E-state index in [1.807, 2.05) is 13.8 Å². The van der Waals surface area contributed by atoms with E-state index in [1.54, 1.807) is 42.5 Å². The summed E-state index contributed by atoms with van der Waals surface area (Å²) in [5.74, 6) is -1.89. The first-order valence-corrected chi connectivity index (χ1v) is 12.6. The Morgan fingerprint density at radius 2 is 1.89 bits per heavy atom. The van der Waals surface area contributed by atoms with Gasteiger partial charge in [0.2, 0.25) is 5.78 Å². The number of aliphatic hydroxyl groups excluding tert-OH is 1. The molecule has 1 N–H and O–H groups in total. The van der Waals surface area contributed by atoms with Crippen molar-refractivity contribution in [3.8, 4) is 0 Å². The molecule has 4 aliphatic rings. The molecule has 1 aromatic carbocycles. The predicted molar refractivity (Wildman–Crippen MR) is 129 cm³/mol. The second-order valence-electron chi connectivity index (χ2n) is 10.9. The van der Waals surface area contributed by atoms with Crippen LogP contribution in [0.2, 0.25) is 0 Å². The summed E-state index contributed by atoms with van der Waals surface area (Å²) in [5.41, 5.74) is -2.38. The number of alkyl halides is 2. The van der Waals surface area contributed by atoms with E-state index >= 15 is 4.39 Å². The van der Waals surface area contributed by atoms with Gasteiger partial charge in [-0.05, 0) is 68.2 Å². The van der Waals surface area contributed by atoms with Crippen LogP contribution in [0.4, 0.5) is 4.39 Å². The summed E-state index contributed by atoms with van der Waals surface area (Å²) in [4.78, 5) is 37.2. The highest BCUT2D eigenvalue weighted by Crippen LogP contribution is 2.71. The Morgan fingerprint density at radius 1 is 1.17 bits per heavy atom. The summed E-state index contributed by atoms with van der Waals surface area (Å²) < 4.78 is 22.5. The van der Waals surface area contributed by atoms with Crippen molar-refractivity contribution >= 4 is 29.1 Å². The summed E-state index contributed by atoms with van der Waals surface area (Å²) in [5, 5.41) is 9.91. The van der Waals surface area contributed by atoms with Gasteiger partial charge in [0.15, 0.2) is 11.4 Å². The van der Waals surface area contributed by atoms with Crippen molar-refractivity contribution in [3.05, 3.63) is 59.7 Å². The molecule has 0 radical (unpaired) electrons. The Bertz CT molecular complexity index is 1150. The van der Waals surface area contributed by atoms with E-state index in [0.29, 0.717) is 24.8 Å². The van der Waals surface area contributed by atoms with Gasteiger partial charge in [0.1, 0.15) is 12.8 Å². The molecule has 0 aliphatic heterocycles. The highest BCUT2D eigenvalue weighted by Gasteiger charge is 2.74. The van der Waals surface area contributed by atoms with Gasteiger partial charge in [-0.25, -0.2) is 9.18 Å². The number of aliphatic hydroxyl groups is 1. The van der Waals surface area contributed by atoms with Crippen molar-refractivity contribution < 1.29 is 28.6 Å². The maximum Gasteiger partial charge on any atom is 0.339 e. The third kappa shape index (κ3) is 3.12. The van der Waals surface area contributed by atoms with Gasteiger partial charge in [-0.15, -0.1) is 11.6 Å². The van der Waals surface area contributed by atoms with Crippen LogP contribution in [-0.2, 0) is 14.3 Å². The molecule has 4 aliphatic carbocycles. The van der Waals surface area contributed by atoms with Crippen molar-refractivity contribution in [1.29, 1.82) is 0 Å². The molecular weight excluding hydrogens is 471 g/mol. The van der Waals surface area contributed by atoms with E-state index in [0.717, 1.165) is 5.57 Å². The molecule has 35 heavy (non-hydrogen) atoms. The molecule has 3 saturated carbocycles. The van der Waals surface area contributed by atoms with Crippen LogP contribution in [0.25, 0.3) is 0 Å². The van der Waals surface area contributed by atoms with Crippen LogP contribution >= 0.6 is 11.6 Å². The third-order valence-corrected chi connectivity index (χ3v) is 10.5. The summed E-state index contributed by atoms with van der Waals surface area (Å²) in [6, 6.07) is 8.37. The first-order chi connectivity index (χ1) is 16.5. The van der Waals surface area contributed by atoms with E-state index in [-0.39, 0.29) is 30.5 Å². The molecule has 1 aromatic rings. The average molecular weight is 501 g/mol. The van der Waals surface area contributed by atoms with Crippen LogP contribution in [0.1, 0.15) is 56.3 Å². The number of carbonyl (C=O) groups excluding carboxylic acids is 3. The molecule has 5 rings (SSSR count). The second kappa shape index (κ2) is 8.10. The fourth-order valence-corrected chi connectivity index (χ4v) is 8.26. The van der Waals surface area contributed by atoms with Crippen molar-refractivity contribution in [1.82, 2.24) is 0 Å². The van der Waals surface area contributed by atoms with Crippen molar-refractivity contribution in [2.45, 2.75) is 62.6 Å². The molecule has 7 atom stereocenters. The fraction of sp³-hybridized carbons (Fsp3) is 0.536. The number of benzene rings is 1. The summed E-state index contributed by atoms with van der Waals surface area (Å²) in [6.45, 7) is 2.91. The molecule has 0 amide bonds. The third-order valence-electron chi connectivity index (χ3n) is 9.59. The molecule has 0 aromatic heterocycles. The van der Waals surface area contributed by atoms with E-state index in [9.17, 15) is 19.5 Å². The Morgan fingerprint density at radius 3 is 2.57 bits per heavy atom. The lowest BCUT2D eigenvalue weighted by molar-refractivity contribution is -0.169. The topological polar surface area (TPSA) is 80.7 Å². The number of fused-ring (bicyclic) bond motifs is 5. The summed E-state index contributed by atoms with van der Waals surface area (Å²) in [7, 11) is 0. The highest BCUT2D eigenvalue weighted by atomic mass is 35.5. The SMILES string of the molecule is C[C@]12C=CC(=O)C=C1CC[C@H]1[C@@H]3CC[C@](OC(=O)c4ccccc4)(C(=O)CO)[C@@]3(C)C[C@H](F)[C@@]12Cl. The highest BCUT2D eigenvalue weighted by molar-refractivity contribution is 6.26. The minimum Gasteiger partial charge on any atom is -0.447 e. The van der Waals surface area contributed by atoms with Crippen LogP contribution in [0.15, 0.2) is 54.1 Å². The lowest BCUT2D eigenvalue weighted by Crippen LogP contribution is -2.68. The number of carbonyl (C=O) groups is 3. The number of ether oxygens (including phenoxy) is 1. The zero-order chi connectivity index (χ0) is 25.2. The van der Waals surface area contributed by atoms with Gasteiger partial charge in [0.05, 0.1) is 10.4 Å². The Hall–Kier alpha value is -2.31. The number of halogens is 2. The largest absolute Gasteiger partial charge is 0.447 e. The molecule has 186 valence electrons. The molecule has 0 unspecified atom stereocenters. The second-order valence-corrected chi connectivity index (χ2v) is 11.5. The lowest BCUT2D eigenvalue weighted by atomic mass is 9.46. The summed E-state index contributed by atoms with van der Waals surface area (Å²) >= 11 is 7.31. The molecule has 0 heterocycles. The quantitative estimate of drug-likeness (QED) is 0.476. The minimum absolute atomic E-state index is 0.0872. The van der Waals surface area contributed by atoms with Crippen LogP contribution in [-0.4, -0.2) is 45.9 Å². The molecule has 0 bridgehead atoms. The predicted octanol–water partition coefficient (Wildman–Crippen LogP) is 4.76. The van der Waals surface area contributed by atoms with E-state index in [2.05, 4.69) is 0 Å². The van der Waals surface area contributed by atoms with Crippen LogP contribution in [0.3, 0.4) is 0 Å². The fourth-order valence-electron chi connectivity index (χ4n) is 7.74. The molecule has 0 saturated heterocycles. The van der Waals surface area contributed by atoms with Gasteiger partial charge in [0, 0.05) is 10.8 Å². The number of allylic oxidation sites excluding steroid dienone is 4. The lowest BCUT2D eigenvalue weighted by Gasteiger charge is -2.63. The van der Waals surface area contributed by atoms with E-state index < -0.39 is 45.8 Å². The Kier molecular flexibility index (Phi) is 5.65. The zero-order valence-corrected chi connectivity index (χ0v) is 20.7. The van der Waals surface area contributed by atoms with Gasteiger partial charge in [-0.3, -0.25) is 9.59 Å². The monoisotopic (exact) mass is 500 g/mol. The number of esters is 1. The van der Waals surface area contributed by atoms with Gasteiger partial charge in [-0.1, -0.05) is 43.7 Å². The van der Waals surface area contributed by atoms with Gasteiger partial charge in [-0.2, -0.15) is 0 Å². The molecule has 5 nitrogen and oxygen atoms in total. The maximum atomic E-state index is 16.5. The number of Topliss-reactive ketones (excluding diaryl/α,β-unsaturated/α-hetero) is 1. The van der Waals surface area contributed by atoms with Gasteiger partial charge < -0.3 is 9.84 Å². The van der Waals surface area contributed by atoms with Crippen LogP contribution < -0.4 is 0 Å². The van der Waals surface area contributed by atoms with Crippen LogP contribution in [0.5, 0.6) is 0 Å². The molecule has 0 spiro atoms. The minimum atomic E-state index is -1.64. The van der Waals surface area contributed by atoms with E-state index in [4.69, 9.17) is 16.3 Å². The molecule has 7 heteroatoms. The molecular formula is C28H30ClFO5. The Balaban J connectivity index is 1.57. The maximum absolute atomic E-state index is 16.5. The van der Waals surface area contributed by atoms with Gasteiger partial charge >= 0.3 is 5.97 Å². The first-order valence-electron chi connectivity index (χ1n) is 12.2. The number of rotatable bonds is 4. The normalized spacial score (nSPS) is 41.9. The number of hydrogen-bond acceptors (Lipinski definition) is 5. The van der Waals surface area contributed by atoms with Crippen molar-refractivity contribution in [2.24, 2.45) is 22.7 Å². The van der Waals surface area contributed by atoms with Gasteiger partial charge in [0.25, 0.3) is 0 Å². The Labute approximate surface area is 209 Å². The number of ketones is 2. The van der Waals surface area contributed by atoms with Crippen LogP contribution in [0, 0.1) is 22.7 Å². The van der Waals surface area contributed by atoms with Crippen molar-refractivity contribution in [3.63, 3.8) is 0 Å². The first kappa shape index (κ1) is 24.4. The standard InChI is InChI=1S/C28H30ClFO5/c1-25-12-10-19(32)14-18(25)8-9-21-20-11-13-27(23(33)16-31,26(20,2)15-22(30)28(21,25)29)35-24(34)17-6-4-3-5-7-17/h3-7,10,12,14,20-22,31H,8-9,11,13,15-16H2,1-2H3/t20-,21-,22-,25-,26-,27-,28-/m0/s1. The molecule has 3 fully saturated rings. The zero-order valence-electron chi connectivity index (χ0n) is 19.9. The smallest absolute Gasteiger partial charge is 0.339 e. The average Bonchev–Trinajstić information content (AvgIpc) is 3.13. The van der Waals surface area contributed by atoms with Crippen molar-refractivity contribution in [2.75, 3.05) is 6.61 Å². The number of hydrogen-bond donors (Lipinski definition) is 1. The summed E-state index contributed by atoms with van der Waals surface area (Å²) in [6.07, 6.45) is 5.08. The van der Waals surface area contributed by atoms with E-state index in [1.165, 1.54) is 6.08 Å².